The standard InChI is InChI=1S/C19H23NO/c1-5-20(6-2)16-8-7-15-11-17-14(4)9-13(3)10-19(17)21-18(15)12-16/h7-10,12H,5-6,11H2,1-4H3. The molecule has 0 fully saturated rings. The molecule has 0 bridgehead atoms. The molecule has 21 heavy (non-hydrogen) atoms. The Bertz CT molecular complexity index is 672. The smallest absolute Gasteiger partial charge is 0.133 e. The molecule has 1 aliphatic heterocycles. The van der Waals surface area contributed by atoms with E-state index in [0.717, 1.165) is 31.0 Å². The van der Waals surface area contributed by atoms with Crippen LogP contribution in [0.2, 0.25) is 0 Å². The predicted octanol–water partition coefficient (Wildman–Crippen LogP) is 4.85. The Hall–Kier alpha value is -1.96. The maximum absolute atomic E-state index is 6.19. The summed E-state index contributed by atoms with van der Waals surface area (Å²) in [4.78, 5) is 2.35. The van der Waals surface area contributed by atoms with Crippen molar-refractivity contribution in [2.45, 2.75) is 34.1 Å². The van der Waals surface area contributed by atoms with Gasteiger partial charge in [-0.2, -0.15) is 0 Å². The zero-order valence-corrected chi connectivity index (χ0v) is 13.4. The molecular formula is C19H23NO. The van der Waals surface area contributed by atoms with Gasteiger partial charge in [0, 0.05) is 36.8 Å². The molecule has 1 heterocycles. The number of ether oxygens (including phenoxy) is 1. The fraction of sp³-hybridized carbons (Fsp3) is 0.368. The third-order valence-electron chi connectivity index (χ3n) is 4.34. The second-order valence-corrected chi connectivity index (χ2v) is 5.80. The van der Waals surface area contributed by atoms with Crippen LogP contribution in [0.5, 0.6) is 11.5 Å². The van der Waals surface area contributed by atoms with Crippen LogP contribution in [0.15, 0.2) is 30.3 Å². The summed E-state index contributed by atoms with van der Waals surface area (Å²) in [5, 5.41) is 0. The van der Waals surface area contributed by atoms with Crippen molar-refractivity contribution in [1.29, 1.82) is 0 Å². The van der Waals surface area contributed by atoms with Gasteiger partial charge in [-0.1, -0.05) is 12.1 Å². The van der Waals surface area contributed by atoms with Crippen LogP contribution in [0, 0.1) is 13.8 Å². The average Bonchev–Trinajstić information content (AvgIpc) is 2.46. The van der Waals surface area contributed by atoms with Crippen LogP contribution in [-0.4, -0.2) is 13.1 Å². The minimum absolute atomic E-state index is 0.968. The first kappa shape index (κ1) is 14.0. The highest BCUT2D eigenvalue weighted by Crippen LogP contribution is 2.40. The lowest BCUT2D eigenvalue weighted by Crippen LogP contribution is -2.22. The number of hydrogen-bond donors (Lipinski definition) is 0. The fourth-order valence-electron chi connectivity index (χ4n) is 3.15. The summed E-state index contributed by atoms with van der Waals surface area (Å²) in [6.45, 7) is 10.7. The molecule has 2 aromatic rings. The quantitative estimate of drug-likeness (QED) is 0.680. The summed E-state index contributed by atoms with van der Waals surface area (Å²) >= 11 is 0. The van der Waals surface area contributed by atoms with E-state index < -0.39 is 0 Å². The maximum atomic E-state index is 6.19. The number of aryl methyl sites for hydroxylation is 2. The lowest BCUT2D eigenvalue weighted by atomic mass is 9.95. The molecule has 0 N–H and O–H groups in total. The molecule has 0 amide bonds. The highest BCUT2D eigenvalue weighted by atomic mass is 16.5. The molecule has 3 rings (SSSR count). The second kappa shape index (κ2) is 5.44. The zero-order valence-electron chi connectivity index (χ0n) is 13.4. The summed E-state index contributed by atoms with van der Waals surface area (Å²) in [5.74, 6) is 2.04. The van der Waals surface area contributed by atoms with Crippen molar-refractivity contribution in [3.05, 3.63) is 52.6 Å². The van der Waals surface area contributed by atoms with Crippen LogP contribution in [0.25, 0.3) is 0 Å². The van der Waals surface area contributed by atoms with Crippen LogP contribution < -0.4 is 9.64 Å². The first-order chi connectivity index (χ1) is 10.1. The molecule has 0 radical (unpaired) electrons. The Morgan fingerprint density at radius 1 is 1.00 bits per heavy atom. The maximum Gasteiger partial charge on any atom is 0.133 e. The molecule has 0 atom stereocenters. The molecule has 110 valence electrons. The van der Waals surface area contributed by atoms with Gasteiger partial charge in [-0.3, -0.25) is 0 Å². The molecular weight excluding hydrogens is 258 g/mol. The molecule has 0 saturated carbocycles. The van der Waals surface area contributed by atoms with E-state index in [1.807, 2.05) is 0 Å². The van der Waals surface area contributed by atoms with Crippen molar-refractivity contribution >= 4 is 5.69 Å². The average molecular weight is 281 g/mol. The molecule has 2 nitrogen and oxygen atoms in total. The highest BCUT2D eigenvalue weighted by Gasteiger charge is 2.20. The van der Waals surface area contributed by atoms with E-state index in [-0.39, 0.29) is 0 Å². The van der Waals surface area contributed by atoms with Crippen LogP contribution in [0.4, 0.5) is 5.69 Å². The van der Waals surface area contributed by atoms with Crippen LogP contribution in [-0.2, 0) is 6.42 Å². The number of nitrogens with zero attached hydrogens (tertiary/aromatic N) is 1. The molecule has 0 spiro atoms. The van der Waals surface area contributed by atoms with E-state index >= 15 is 0 Å². The van der Waals surface area contributed by atoms with Gasteiger partial charge in [-0.05, 0) is 56.5 Å². The van der Waals surface area contributed by atoms with Gasteiger partial charge in [0.05, 0.1) is 0 Å². The Morgan fingerprint density at radius 3 is 2.48 bits per heavy atom. The normalized spacial score (nSPS) is 12.4. The summed E-state index contributed by atoms with van der Waals surface area (Å²) < 4.78 is 6.19. The number of rotatable bonds is 3. The largest absolute Gasteiger partial charge is 0.457 e. The first-order valence-corrected chi connectivity index (χ1v) is 7.78. The molecule has 0 aliphatic carbocycles. The SMILES string of the molecule is CCN(CC)c1ccc2c(c1)Oc1cc(C)cc(C)c1C2. The van der Waals surface area contributed by atoms with E-state index in [1.165, 1.54) is 27.9 Å². The van der Waals surface area contributed by atoms with E-state index in [4.69, 9.17) is 4.74 Å². The third-order valence-corrected chi connectivity index (χ3v) is 4.34. The molecule has 0 unspecified atom stereocenters. The Kier molecular flexibility index (Phi) is 3.62. The highest BCUT2D eigenvalue weighted by molar-refractivity contribution is 5.59. The third kappa shape index (κ3) is 2.51. The summed E-state index contributed by atoms with van der Waals surface area (Å²) in [6.07, 6.45) is 0.968. The lowest BCUT2D eigenvalue weighted by Gasteiger charge is -2.26. The summed E-state index contributed by atoms with van der Waals surface area (Å²) in [6, 6.07) is 11.0. The van der Waals surface area contributed by atoms with Gasteiger partial charge in [0.25, 0.3) is 0 Å². The van der Waals surface area contributed by atoms with Gasteiger partial charge in [0.1, 0.15) is 11.5 Å². The van der Waals surface area contributed by atoms with Gasteiger partial charge >= 0.3 is 0 Å². The monoisotopic (exact) mass is 281 g/mol. The van der Waals surface area contributed by atoms with E-state index in [2.05, 4.69) is 62.9 Å². The summed E-state index contributed by atoms with van der Waals surface area (Å²) in [7, 11) is 0. The van der Waals surface area contributed by atoms with Crippen LogP contribution >= 0.6 is 0 Å². The van der Waals surface area contributed by atoms with E-state index in [1.54, 1.807) is 0 Å². The fourth-order valence-corrected chi connectivity index (χ4v) is 3.15. The number of anilines is 1. The first-order valence-electron chi connectivity index (χ1n) is 7.78. The van der Waals surface area contributed by atoms with Crippen molar-refractivity contribution in [2.75, 3.05) is 18.0 Å². The minimum Gasteiger partial charge on any atom is -0.457 e. The Morgan fingerprint density at radius 2 is 1.76 bits per heavy atom. The summed E-state index contributed by atoms with van der Waals surface area (Å²) in [5.41, 5.74) is 6.43. The Balaban J connectivity index is 2.00. The van der Waals surface area contributed by atoms with Gasteiger partial charge < -0.3 is 9.64 Å². The molecule has 0 aromatic heterocycles. The number of benzene rings is 2. The lowest BCUT2D eigenvalue weighted by molar-refractivity contribution is 0.459. The van der Waals surface area contributed by atoms with Crippen molar-refractivity contribution < 1.29 is 4.74 Å². The molecule has 2 aromatic carbocycles. The van der Waals surface area contributed by atoms with Gasteiger partial charge in [-0.25, -0.2) is 0 Å². The van der Waals surface area contributed by atoms with Crippen LogP contribution in [0.1, 0.15) is 36.1 Å². The topological polar surface area (TPSA) is 12.5 Å². The van der Waals surface area contributed by atoms with Crippen LogP contribution in [0.3, 0.4) is 0 Å². The molecule has 0 saturated heterocycles. The van der Waals surface area contributed by atoms with Gasteiger partial charge in [0.15, 0.2) is 0 Å². The van der Waals surface area contributed by atoms with E-state index in [0.29, 0.717) is 0 Å². The van der Waals surface area contributed by atoms with Crippen molar-refractivity contribution in [3.8, 4) is 11.5 Å². The second-order valence-electron chi connectivity index (χ2n) is 5.80. The minimum atomic E-state index is 0.968. The van der Waals surface area contributed by atoms with Gasteiger partial charge in [-0.15, -0.1) is 0 Å². The zero-order chi connectivity index (χ0) is 15.0. The van der Waals surface area contributed by atoms with Gasteiger partial charge in [0.2, 0.25) is 0 Å². The molecule has 1 aliphatic rings. The van der Waals surface area contributed by atoms with Crippen molar-refractivity contribution in [2.24, 2.45) is 0 Å². The molecule has 2 heteroatoms. The van der Waals surface area contributed by atoms with E-state index in [9.17, 15) is 0 Å². The number of hydrogen-bond acceptors (Lipinski definition) is 2. The number of fused-ring (bicyclic) bond motifs is 2. The Labute approximate surface area is 127 Å². The van der Waals surface area contributed by atoms with Crippen molar-refractivity contribution in [1.82, 2.24) is 0 Å². The predicted molar refractivity (Wildman–Crippen MR) is 88.8 cm³/mol. The van der Waals surface area contributed by atoms with Crippen molar-refractivity contribution in [3.63, 3.8) is 0 Å².